The lowest BCUT2D eigenvalue weighted by Crippen LogP contribution is -2.33. The van der Waals surface area contributed by atoms with E-state index in [2.05, 4.69) is 15.0 Å². The van der Waals surface area contributed by atoms with E-state index in [1.807, 2.05) is 6.92 Å². The van der Waals surface area contributed by atoms with Crippen LogP contribution in [0.5, 0.6) is 0 Å². The van der Waals surface area contributed by atoms with Gasteiger partial charge < -0.3 is 16.6 Å². The van der Waals surface area contributed by atoms with Gasteiger partial charge in [-0.2, -0.15) is 0 Å². The lowest BCUT2D eigenvalue weighted by atomic mass is 10.0. The standard InChI is InChI=1S/C27H24N6O4/c1-16-14-22(25(36)17-5-8-19(9-6-17)31-27(28)29)32-21-15-18(7-10-20(16)21)26(37)33(13-11-24(34)35)23-4-2-3-12-30-23/h2-10,12,14-15H,11,13H2,1H3,(H,34,35)(H4,28,29,31). The van der Waals surface area contributed by atoms with Crippen LogP contribution in [0.2, 0.25) is 0 Å². The SMILES string of the molecule is Cc1cc(C(=O)c2ccc(N=C(N)N)cc2)nc2cc(C(=O)N(CCC(=O)O)c3ccccn3)ccc12. The number of carbonyl (C=O) groups is 3. The molecule has 10 nitrogen and oxygen atoms in total. The number of aromatic nitrogens is 2. The van der Waals surface area contributed by atoms with E-state index in [0.29, 0.717) is 28.1 Å². The van der Waals surface area contributed by atoms with E-state index in [-0.39, 0.29) is 30.4 Å². The summed E-state index contributed by atoms with van der Waals surface area (Å²) >= 11 is 0. The van der Waals surface area contributed by atoms with Gasteiger partial charge in [0.15, 0.2) is 5.96 Å². The average Bonchev–Trinajstić information content (AvgIpc) is 2.88. The van der Waals surface area contributed by atoms with Gasteiger partial charge in [-0.3, -0.25) is 19.3 Å². The van der Waals surface area contributed by atoms with Gasteiger partial charge in [0.1, 0.15) is 11.5 Å². The van der Waals surface area contributed by atoms with Crippen LogP contribution in [0, 0.1) is 6.92 Å². The van der Waals surface area contributed by atoms with Crippen molar-refractivity contribution in [2.45, 2.75) is 13.3 Å². The van der Waals surface area contributed by atoms with Crippen LogP contribution < -0.4 is 16.4 Å². The number of aryl methyl sites for hydroxylation is 1. The normalized spacial score (nSPS) is 10.6. The molecule has 4 aromatic rings. The second-order valence-electron chi connectivity index (χ2n) is 8.26. The van der Waals surface area contributed by atoms with Crippen LogP contribution in [0.1, 0.15) is 38.4 Å². The topological polar surface area (TPSA) is 165 Å². The zero-order chi connectivity index (χ0) is 26.5. The summed E-state index contributed by atoms with van der Waals surface area (Å²) in [7, 11) is 0. The van der Waals surface area contributed by atoms with E-state index in [4.69, 9.17) is 16.6 Å². The highest BCUT2D eigenvalue weighted by Crippen LogP contribution is 2.23. The summed E-state index contributed by atoms with van der Waals surface area (Å²) in [5.74, 6) is -1.49. The van der Waals surface area contributed by atoms with Crippen LogP contribution in [0.25, 0.3) is 10.9 Å². The summed E-state index contributed by atoms with van der Waals surface area (Å²) in [6.45, 7) is 1.81. The molecule has 0 spiro atoms. The molecule has 1 amide bonds. The van der Waals surface area contributed by atoms with Crippen molar-refractivity contribution in [1.29, 1.82) is 0 Å². The molecular formula is C27H24N6O4. The highest BCUT2D eigenvalue weighted by molar-refractivity contribution is 6.10. The van der Waals surface area contributed by atoms with Gasteiger partial charge in [-0.05, 0) is 67.1 Å². The molecule has 2 heterocycles. The number of amides is 1. The van der Waals surface area contributed by atoms with E-state index >= 15 is 0 Å². The molecule has 0 atom stereocenters. The molecule has 0 fully saturated rings. The Labute approximate surface area is 212 Å². The van der Waals surface area contributed by atoms with Crippen molar-refractivity contribution in [3.63, 3.8) is 0 Å². The van der Waals surface area contributed by atoms with Crippen molar-refractivity contribution in [2.24, 2.45) is 16.5 Å². The molecule has 5 N–H and O–H groups in total. The molecule has 0 aliphatic heterocycles. The number of hydrogen-bond donors (Lipinski definition) is 3. The number of guanidine groups is 1. The number of carboxylic acid groups (broad SMARTS) is 1. The van der Waals surface area contributed by atoms with Gasteiger partial charge in [0.25, 0.3) is 5.91 Å². The fourth-order valence-corrected chi connectivity index (χ4v) is 3.83. The minimum Gasteiger partial charge on any atom is -0.481 e. The Morgan fingerprint density at radius 2 is 1.70 bits per heavy atom. The first-order chi connectivity index (χ1) is 17.7. The highest BCUT2D eigenvalue weighted by atomic mass is 16.4. The number of nitrogens with zero attached hydrogens (tertiary/aromatic N) is 4. The lowest BCUT2D eigenvalue weighted by Gasteiger charge is -2.21. The molecule has 0 unspecified atom stereocenters. The first-order valence-electron chi connectivity index (χ1n) is 11.3. The van der Waals surface area contributed by atoms with Crippen LogP contribution in [0.15, 0.2) is 77.9 Å². The van der Waals surface area contributed by atoms with Crippen molar-refractivity contribution < 1.29 is 19.5 Å². The summed E-state index contributed by atoms with van der Waals surface area (Å²) in [6, 6.07) is 18.2. The van der Waals surface area contributed by atoms with Gasteiger partial charge in [-0.1, -0.05) is 12.1 Å². The van der Waals surface area contributed by atoms with Gasteiger partial charge in [0.05, 0.1) is 17.6 Å². The second-order valence-corrected chi connectivity index (χ2v) is 8.26. The number of anilines is 1. The number of pyridine rings is 2. The smallest absolute Gasteiger partial charge is 0.305 e. The Morgan fingerprint density at radius 1 is 0.973 bits per heavy atom. The third kappa shape index (κ3) is 5.76. The monoisotopic (exact) mass is 496 g/mol. The Hall–Kier alpha value is -5.12. The first kappa shape index (κ1) is 25.0. The summed E-state index contributed by atoms with van der Waals surface area (Å²) in [4.78, 5) is 51.7. The number of nitrogens with two attached hydrogens (primary N) is 2. The molecule has 186 valence electrons. The number of rotatable bonds is 8. The van der Waals surface area contributed by atoms with E-state index in [1.54, 1.807) is 66.7 Å². The van der Waals surface area contributed by atoms with Gasteiger partial charge in [-0.15, -0.1) is 0 Å². The van der Waals surface area contributed by atoms with Crippen molar-refractivity contribution in [1.82, 2.24) is 9.97 Å². The third-order valence-corrected chi connectivity index (χ3v) is 5.60. The maximum atomic E-state index is 13.4. The molecule has 4 rings (SSSR count). The van der Waals surface area contributed by atoms with Crippen molar-refractivity contribution in [3.8, 4) is 0 Å². The van der Waals surface area contributed by atoms with Crippen molar-refractivity contribution >= 4 is 46.0 Å². The molecule has 0 bridgehead atoms. The number of benzene rings is 2. The van der Waals surface area contributed by atoms with E-state index in [9.17, 15) is 14.4 Å². The van der Waals surface area contributed by atoms with Gasteiger partial charge in [-0.25, -0.2) is 15.0 Å². The van der Waals surface area contributed by atoms with Crippen LogP contribution in [0.3, 0.4) is 0 Å². The zero-order valence-electron chi connectivity index (χ0n) is 20.0. The first-order valence-corrected chi connectivity index (χ1v) is 11.3. The maximum absolute atomic E-state index is 13.4. The minimum absolute atomic E-state index is 0.0515. The van der Waals surface area contributed by atoms with Crippen LogP contribution in [-0.4, -0.2) is 45.2 Å². The predicted molar refractivity (Wildman–Crippen MR) is 140 cm³/mol. The summed E-state index contributed by atoms with van der Waals surface area (Å²) in [6.07, 6.45) is 1.29. The highest BCUT2D eigenvalue weighted by Gasteiger charge is 2.21. The van der Waals surface area contributed by atoms with Crippen LogP contribution in [0.4, 0.5) is 11.5 Å². The number of aliphatic imine (C=N–C) groups is 1. The van der Waals surface area contributed by atoms with Gasteiger partial charge in [0.2, 0.25) is 5.78 Å². The van der Waals surface area contributed by atoms with Crippen molar-refractivity contribution in [3.05, 3.63) is 95.3 Å². The average molecular weight is 497 g/mol. The third-order valence-electron chi connectivity index (χ3n) is 5.60. The maximum Gasteiger partial charge on any atom is 0.305 e. The number of fused-ring (bicyclic) bond motifs is 1. The number of aliphatic carboxylic acids is 1. The number of carboxylic acids is 1. The second kappa shape index (κ2) is 10.6. The molecule has 0 aliphatic rings. The zero-order valence-corrected chi connectivity index (χ0v) is 20.0. The fourth-order valence-electron chi connectivity index (χ4n) is 3.83. The minimum atomic E-state index is -1.03. The van der Waals surface area contributed by atoms with Gasteiger partial charge in [0, 0.05) is 29.3 Å². The fraction of sp³-hybridized carbons (Fsp3) is 0.111. The molecule has 2 aromatic carbocycles. The van der Waals surface area contributed by atoms with E-state index in [0.717, 1.165) is 10.9 Å². The van der Waals surface area contributed by atoms with Crippen LogP contribution >= 0.6 is 0 Å². The molecule has 37 heavy (non-hydrogen) atoms. The van der Waals surface area contributed by atoms with E-state index < -0.39 is 11.9 Å². The summed E-state index contributed by atoms with van der Waals surface area (Å²) < 4.78 is 0. The molecule has 0 saturated carbocycles. The van der Waals surface area contributed by atoms with Gasteiger partial charge >= 0.3 is 5.97 Å². The van der Waals surface area contributed by atoms with Crippen molar-refractivity contribution in [2.75, 3.05) is 11.4 Å². The molecule has 0 aliphatic carbocycles. The molecule has 10 heteroatoms. The molecule has 2 aromatic heterocycles. The largest absolute Gasteiger partial charge is 0.481 e. The Morgan fingerprint density at radius 3 is 2.35 bits per heavy atom. The quantitative estimate of drug-likeness (QED) is 0.190. The number of hydrogen-bond acceptors (Lipinski definition) is 6. The molecule has 0 radical (unpaired) electrons. The van der Waals surface area contributed by atoms with Crippen LogP contribution in [-0.2, 0) is 4.79 Å². The Kier molecular flexibility index (Phi) is 7.19. The Balaban J connectivity index is 1.69. The number of carbonyl (C=O) groups excluding carboxylic acids is 2. The lowest BCUT2D eigenvalue weighted by molar-refractivity contribution is -0.136. The molecule has 0 saturated heterocycles. The molecular weight excluding hydrogens is 472 g/mol. The summed E-state index contributed by atoms with van der Waals surface area (Å²) in [5.41, 5.74) is 13.5. The van der Waals surface area contributed by atoms with E-state index in [1.165, 1.54) is 11.1 Å². The predicted octanol–water partition coefficient (Wildman–Crippen LogP) is 3.20. The Bertz CT molecular complexity index is 1510. The number of ketones is 1. The summed E-state index contributed by atoms with van der Waals surface area (Å²) in [5, 5.41) is 9.93.